The van der Waals surface area contributed by atoms with Crippen LogP contribution >= 0.6 is 0 Å². The molecule has 32 heavy (non-hydrogen) atoms. The summed E-state index contributed by atoms with van der Waals surface area (Å²) in [5.74, 6) is -26.6. The van der Waals surface area contributed by atoms with Gasteiger partial charge in [-0.3, -0.25) is 13.3 Å². The van der Waals surface area contributed by atoms with Crippen LogP contribution in [-0.4, -0.2) is 51.6 Å². The van der Waals surface area contributed by atoms with E-state index in [0.29, 0.717) is 0 Å². The first kappa shape index (κ1) is 30.9. The van der Waals surface area contributed by atoms with E-state index in [2.05, 4.69) is 13.3 Å². The fourth-order valence-electron chi connectivity index (χ4n) is 1.89. The molecule has 0 aromatic carbocycles. The Labute approximate surface area is 166 Å². The van der Waals surface area contributed by atoms with E-state index in [1.54, 1.807) is 0 Å². The number of hydrogen-bond donors (Lipinski definition) is 0. The van der Waals surface area contributed by atoms with Crippen molar-refractivity contribution in [2.45, 2.75) is 68.6 Å². The molecule has 0 aromatic heterocycles. The molecule has 0 amide bonds. The Morgan fingerprint density at radius 2 is 0.781 bits per heavy atom. The van der Waals surface area contributed by atoms with Gasteiger partial charge in [-0.05, 0) is 0 Å². The highest BCUT2D eigenvalue weighted by molar-refractivity contribution is 6.60. The van der Waals surface area contributed by atoms with Crippen molar-refractivity contribution in [3.8, 4) is 0 Å². The second-order valence-corrected chi connectivity index (χ2v) is 8.22. The van der Waals surface area contributed by atoms with E-state index < -0.39 is 70.5 Å². The van der Waals surface area contributed by atoms with Crippen LogP contribution in [0.2, 0.25) is 6.04 Å². The lowest BCUT2D eigenvalue weighted by molar-refractivity contribution is -0.373. The van der Waals surface area contributed by atoms with Crippen LogP contribution in [0.25, 0.3) is 0 Å². The predicted molar refractivity (Wildman–Crippen MR) is 66.7 cm³/mol. The van der Waals surface area contributed by atoms with E-state index in [9.17, 15) is 74.6 Å². The lowest BCUT2D eigenvalue weighted by atomic mass is 9.96. The smallest absolute Gasteiger partial charge is 0.284 e. The number of hydrogen-bond acceptors (Lipinski definition) is 3. The molecule has 0 aliphatic heterocycles. The maximum atomic E-state index is 13.6. The molecule has 0 saturated heterocycles. The maximum Gasteiger partial charge on any atom is 0.520 e. The molecule has 0 aliphatic rings. The van der Waals surface area contributed by atoms with Crippen LogP contribution in [0.15, 0.2) is 0 Å². The lowest BCUT2D eigenvalue weighted by Gasteiger charge is -2.37. The summed E-state index contributed by atoms with van der Waals surface area (Å²) in [5.41, 5.74) is 0. The minimum atomic E-state index is -7.62. The van der Waals surface area contributed by atoms with Gasteiger partial charge in [-0.15, -0.1) is 39.5 Å². The Morgan fingerprint density at radius 3 is 1.03 bits per heavy atom. The molecule has 0 heterocycles. The van der Waals surface area contributed by atoms with Crippen LogP contribution in [0, 0.1) is 0 Å². The first-order chi connectivity index (χ1) is 13.6. The Bertz CT molecular complexity index is 582. The molecule has 0 saturated carbocycles. The third-order valence-corrected chi connectivity index (χ3v) is 5.81. The van der Waals surface area contributed by atoms with Crippen LogP contribution in [0.1, 0.15) is 19.8 Å². The van der Waals surface area contributed by atoms with E-state index in [1.165, 1.54) is 0 Å². The molecule has 0 unspecified atom stereocenters. The summed E-state index contributed by atoms with van der Waals surface area (Å²) < 4.78 is 225. The molecule has 21 heteroatoms. The van der Waals surface area contributed by atoms with Crippen LogP contribution in [-0.2, 0) is 13.3 Å². The molecule has 194 valence electrons. The highest BCUT2D eigenvalue weighted by atomic mass is 28.4. The van der Waals surface area contributed by atoms with Gasteiger partial charge in [-0.25, -0.2) is 0 Å². The van der Waals surface area contributed by atoms with Gasteiger partial charge in [0.1, 0.15) is 0 Å². The van der Waals surface area contributed by atoms with Gasteiger partial charge >= 0.3 is 51.6 Å². The minimum absolute atomic E-state index is 0.131. The zero-order valence-electron chi connectivity index (χ0n) is 14.8. The highest BCUT2D eigenvalue weighted by Gasteiger charge is 2.80. The SMILES string of the molecule is CCC(F)(F)C(F)(F)C(F)(F)C(F)(F)CC[Si](OC(F)(F)F)(OC(F)(F)F)OC(F)(F)F. The topological polar surface area (TPSA) is 27.7 Å². The van der Waals surface area contributed by atoms with Crippen LogP contribution in [0.3, 0.4) is 0 Å². The predicted octanol–water partition coefficient (Wildman–Crippen LogP) is 6.88. The van der Waals surface area contributed by atoms with Crippen molar-refractivity contribution in [2.75, 3.05) is 0 Å². The normalized spacial score (nSPS) is 15.9. The third-order valence-electron chi connectivity index (χ3n) is 3.32. The summed E-state index contributed by atoms with van der Waals surface area (Å²) in [5, 5.41) is 0. The highest BCUT2D eigenvalue weighted by Crippen LogP contribution is 2.55. The van der Waals surface area contributed by atoms with Gasteiger partial charge in [-0.1, -0.05) is 6.92 Å². The summed E-state index contributed by atoms with van der Waals surface area (Å²) >= 11 is 0. The van der Waals surface area contributed by atoms with Gasteiger partial charge in [0.05, 0.1) is 0 Å². The zero-order chi connectivity index (χ0) is 26.2. The number of alkyl halides is 17. The Balaban J connectivity index is 6.30. The zero-order valence-corrected chi connectivity index (χ0v) is 15.8. The molecule has 0 aromatic rings. The summed E-state index contributed by atoms with van der Waals surface area (Å²) in [6, 6.07) is -3.16. The first-order valence-corrected chi connectivity index (χ1v) is 9.39. The minimum Gasteiger partial charge on any atom is -0.284 e. The molecule has 0 aliphatic carbocycles. The van der Waals surface area contributed by atoms with Crippen molar-refractivity contribution in [3.05, 3.63) is 0 Å². The molecule has 0 atom stereocenters. The Kier molecular flexibility index (Phi) is 8.62. The first-order valence-electron chi connectivity index (χ1n) is 7.46. The van der Waals surface area contributed by atoms with E-state index in [1.807, 2.05) is 0 Å². The summed E-state index contributed by atoms with van der Waals surface area (Å²) in [4.78, 5) is 0. The van der Waals surface area contributed by atoms with Crippen LogP contribution in [0.5, 0.6) is 0 Å². The summed E-state index contributed by atoms with van der Waals surface area (Å²) in [6.07, 6.45) is -25.2. The average molecular weight is 540 g/mol. The van der Waals surface area contributed by atoms with Crippen molar-refractivity contribution < 1.29 is 87.9 Å². The molecular formula is C11H9F17O3Si. The summed E-state index contributed by atoms with van der Waals surface area (Å²) in [6.45, 7) is 0.131. The Hall–Kier alpha value is -1.09. The molecule has 0 fully saturated rings. The number of halogens is 17. The van der Waals surface area contributed by atoms with Gasteiger partial charge in [0, 0.05) is 18.9 Å². The maximum absolute atomic E-state index is 13.6. The van der Waals surface area contributed by atoms with Gasteiger partial charge in [0.2, 0.25) is 0 Å². The van der Waals surface area contributed by atoms with E-state index in [4.69, 9.17) is 0 Å². The van der Waals surface area contributed by atoms with Crippen LogP contribution < -0.4 is 0 Å². The monoisotopic (exact) mass is 540 g/mol. The van der Waals surface area contributed by atoms with Gasteiger partial charge in [0.25, 0.3) is 0 Å². The standard InChI is InChI=1S/C11H9F17O3Si/c1-2-5(12,13)7(16,17)8(18,19)6(14,15)3-4-32(29-9(20,21)22,30-10(23,24)25)31-11(26,27)28/h2-4H2,1H3. The van der Waals surface area contributed by atoms with E-state index in [-0.39, 0.29) is 6.92 Å². The molecule has 3 nitrogen and oxygen atoms in total. The molecule has 0 N–H and O–H groups in total. The van der Waals surface area contributed by atoms with Crippen molar-refractivity contribution in [1.29, 1.82) is 0 Å². The summed E-state index contributed by atoms with van der Waals surface area (Å²) in [7, 11) is -7.62. The van der Waals surface area contributed by atoms with Gasteiger partial charge in [-0.2, -0.15) is 35.1 Å². The average Bonchev–Trinajstić information content (AvgIpc) is 2.47. The molecule has 0 bridgehead atoms. The fourth-order valence-corrected chi connectivity index (χ4v) is 4.00. The fraction of sp³-hybridized carbons (Fsp3) is 1.00. The molecular weight excluding hydrogens is 531 g/mol. The van der Waals surface area contributed by atoms with Gasteiger partial charge in [0.15, 0.2) is 0 Å². The Morgan fingerprint density at radius 1 is 0.500 bits per heavy atom. The molecule has 0 radical (unpaired) electrons. The van der Waals surface area contributed by atoms with Gasteiger partial charge < -0.3 is 0 Å². The van der Waals surface area contributed by atoms with E-state index in [0.717, 1.165) is 0 Å². The van der Waals surface area contributed by atoms with Crippen molar-refractivity contribution in [3.63, 3.8) is 0 Å². The second-order valence-electron chi connectivity index (χ2n) is 5.74. The van der Waals surface area contributed by atoms with E-state index >= 15 is 0 Å². The quantitative estimate of drug-likeness (QED) is 0.224. The van der Waals surface area contributed by atoms with Crippen LogP contribution in [0.4, 0.5) is 74.6 Å². The molecule has 0 spiro atoms. The van der Waals surface area contributed by atoms with Crippen molar-refractivity contribution >= 4 is 8.80 Å². The lowest BCUT2D eigenvalue weighted by Crippen LogP contribution is -2.63. The van der Waals surface area contributed by atoms with Crippen molar-refractivity contribution in [2.24, 2.45) is 0 Å². The number of rotatable bonds is 10. The third kappa shape index (κ3) is 7.75. The van der Waals surface area contributed by atoms with Crippen molar-refractivity contribution in [1.82, 2.24) is 0 Å². The largest absolute Gasteiger partial charge is 0.520 e. The second kappa shape index (κ2) is 8.93. The molecule has 0 rings (SSSR count).